The van der Waals surface area contributed by atoms with Crippen LogP contribution >= 0.6 is 11.6 Å². The van der Waals surface area contributed by atoms with E-state index in [9.17, 15) is 14.0 Å². The zero-order valence-electron chi connectivity index (χ0n) is 12.1. The second kappa shape index (κ2) is 6.79. The van der Waals surface area contributed by atoms with E-state index >= 15 is 0 Å². The summed E-state index contributed by atoms with van der Waals surface area (Å²) in [6, 6.07) is 2.38. The first-order valence-corrected chi connectivity index (χ1v) is 6.98. The van der Waals surface area contributed by atoms with Gasteiger partial charge in [-0.15, -0.1) is 0 Å². The molecule has 1 aromatic rings. The van der Waals surface area contributed by atoms with Gasteiger partial charge >= 0.3 is 5.97 Å². The van der Waals surface area contributed by atoms with Crippen molar-refractivity contribution >= 4 is 23.4 Å². The van der Waals surface area contributed by atoms with Crippen molar-refractivity contribution < 1.29 is 23.5 Å². The van der Waals surface area contributed by atoms with Crippen LogP contribution in [-0.4, -0.2) is 32.0 Å². The molecule has 0 radical (unpaired) electrons. The SMILES string of the molecule is COC(=O)/C(=C\NC1CC1)C(=O)c1cc(F)c(Cl)cc1OC. The second-order valence-corrected chi connectivity index (χ2v) is 5.19. The molecule has 0 saturated heterocycles. The van der Waals surface area contributed by atoms with Crippen LogP contribution in [0.25, 0.3) is 0 Å². The van der Waals surface area contributed by atoms with Crippen LogP contribution < -0.4 is 10.1 Å². The average Bonchev–Trinajstić information content (AvgIpc) is 3.33. The van der Waals surface area contributed by atoms with E-state index in [0.29, 0.717) is 0 Å². The van der Waals surface area contributed by atoms with Crippen LogP contribution in [0.5, 0.6) is 5.75 Å². The number of methoxy groups -OCH3 is 2. The lowest BCUT2D eigenvalue weighted by Crippen LogP contribution is -2.20. The van der Waals surface area contributed by atoms with E-state index in [4.69, 9.17) is 16.3 Å². The Balaban J connectivity index is 2.39. The molecule has 1 aromatic carbocycles. The van der Waals surface area contributed by atoms with Gasteiger partial charge in [-0.3, -0.25) is 4.79 Å². The summed E-state index contributed by atoms with van der Waals surface area (Å²) in [7, 11) is 2.49. The Hall–Kier alpha value is -2.08. The lowest BCUT2D eigenvalue weighted by Gasteiger charge is -2.10. The number of benzene rings is 1. The van der Waals surface area contributed by atoms with Gasteiger partial charge in [-0.05, 0) is 18.9 Å². The number of carbonyl (C=O) groups is 2. The average molecular weight is 328 g/mol. The molecule has 5 nitrogen and oxygen atoms in total. The van der Waals surface area contributed by atoms with Crippen molar-refractivity contribution in [2.24, 2.45) is 0 Å². The molecule has 0 atom stereocenters. The van der Waals surface area contributed by atoms with E-state index in [1.54, 1.807) is 0 Å². The number of ether oxygens (including phenoxy) is 2. The van der Waals surface area contributed by atoms with Gasteiger partial charge in [0.15, 0.2) is 0 Å². The van der Waals surface area contributed by atoms with E-state index < -0.39 is 17.6 Å². The summed E-state index contributed by atoms with van der Waals surface area (Å²) in [6.45, 7) is 0. The molecular formula is C15H15ClFNO4. The molecule has 0 aromatic heterocycles. The number of hydrogen-bond donors (Lipinski definition) is 1. The summed E-state index contributed by atoms with van der Waals surface area (Å²) < 4.78 is 23.3. The third-order valence-corrected chi connectivity index (χ3v) is 3.47. The van der Waals surface area contributed by atoms with Crippen LogP contribution in [0.3, 0.4) is 0 Å². The van der Waals surface area contributed by atoms with Gasteiger partial charge in [0.2, 0.25) is 5.78 Å². The fourth-order valence-corrected chi connectivity index (χ4v) is 1.95. The molecule has 7 heteroatoms. The standard InChI is InChI=1S/C15H15ClFNO4/c1-21-13-6-11(16)12(17)5-9(13)14(19)10(15(20)22-2)7-18-8-3-4-8/h5-8,18H,3-4H2,1-2H3/b10-7-. The zero-order chi connectivity index (χ0) is 16.3. The Morgan fingerprint density at radius 2 is 2.05 bits per heavy atom. The van der Waals surface area contributed by atoms with Gasteiger partial charge in [-0.2, -0.15) is 0 Å². The molecule has 22 heavy (non-hydrogen) atoms. The van der Waals surface area contributed by atoms with Gasteiger partial charge in [0.05, 0.1) is 24.8 Å². The monoisotopic (exact) mass is 327 g/mol. The quantitative estimate of drug-likeness (QED) is 0.286. The van der Waals surface area contributed by atoms with Gasteiger partial charge in [-0.25, -0.2) is 9.18 Å². The van der Waals surface area contributed by atoms with Crippen molar-refractivity contribution in [1.29, 1.82) is 0 Å². The van der Waals surface area contributed by atoms with E-state index in [-0.39, 0.29) is 28.0 Å². The molecule has 0 aliphatic heterocycles. The summed E-state index contributed by atoms with van der Waals surface area (Å²) in [5, 5.41) is 2.77. The molecule has 1 fully saturated rings. The molecule has 0 amide bonds. The maximum absolute atomic E-state index is 13.6. The molecule has 1 aliphatic rings. The first-order valence-electron chi connectivity index (χ1n) is 6.60. The van der Waals surface area contributed by atoms with Crippen molar-refractivity contribution in [3.05, 3.63) is 40.3 Å². The highest BCUT2D eigenvalue weighted by Crippen LogP contribution is 2.28. The van der Waals surface area contributed by atoms with Crippen LogP contribution in [0.4, 0.5) is 4.39 Å². The Kier molecular flexibility index (Phi) is 5.03. The van der Waals surface area contributed by atoms with Crippen LogP contribution in [0, 0.1) is 5.82 Å². The predicted molar refractivity (Wildman–Crippen MR) is 78.5 cm³/mol. The number of hydrogen-bond acceptors (Lipinski definition) is 5. The fourth-order valence-electron chi connectivity index (χ4n) is 1.80. The van der Waals surface area contributed by atoms with Gasteiger partial charge in [0.1, 0.15) is 17.1 Å². The molecule has 0 unspecified atom stereocenters. The Morgan fingerprint density at radius 3 is 2.59 bits per heavy atom. The van der Waals surface area contributed by atoms with Crippen LogP contribution in [0.2, 0.25) is 5.02 Å². The number of nitrogens with one attached hydrogen (secondary N) is 1. The third kappa shape index (κ3) is 3.57. The summed E-state index contributed by atoms with van der Waals surface area (Å²) >= 11 is 5.66. The largest absolute Gasteiger partial charge is 0.496 e. The van der Waals surface area contributed by atoms with Gasteiger partial charge in [-0.1, -0.05) is 11.6 Å². The first-order chi connectivity index (χ1) is 10.5. The van der Waals surface area contributed by atoms with Crippen LogP contribution in [-0.2, 0) is 9.53 Å². The predicted octanol–water partition coefficient (Wildman–Crippen LogP) is 2.48. The normalized spacial score (nSPS) is 14.5. The Morgan fingerprint density at radius 1 is 1.36 bits per heavy atom. The van der Waals surface area contributed by atoms with Crippen molar-refractivity contribution in [1.82, 2.24) is 5.32 Å². The molecule has 1 N–H and O–H groups in total. The van der Waals surface area contributed by atoms with Gasteiger partial charge in [0.25, 0.3) is 0 Å². The van der Waals surface area contributed by atoms with Crippen LogP contribution in [0.1, 0.15) is 23.2 Å². The number of esters is 1. The minimum absolute atomic E-state index is 0.0811. The molecule has 118 valence electrons. The minimum Gasteiger partial charge on any atom is -0.496 e. The highest BCUT2D eigenvalue weighted by molar-refractivity contribution is 6.31. The zero-order valence-corrected chi connectivity index (χ0v) is 12.9. The molecule has 0 bridgehead atoms. The van der Waals surface area contributed by atoms with Gasteiger partial charge < -0.3 is 14.8 Å². The topological polar surface area (TPSA) is 64.6 Å². The number of ketones is 1. The number of halogens is 2. The molecule has 2 rings (SSSR count). The Labute approximate surface area is 132 Å². The molecule has 0 spiro atoms. The van der Waals surface area contributed by atoms with E-state index in [0.717, 1.165) is 18.9 Å². The number of Topliss-reactive ketones (excluding diaryl/α,β-unsaturated/α-hetero) is 1. The third-order valence-electron chi connectivity index (χ3n) is 3.18. The molecular weight excluding hydrogens is 313 g/mol. The Bertz CT molecular complexity index is 641. The molecule has 0 heterocycles. The highest BCUT2D eigenvalue weighted by atomic mass is 35.5. The van der Waals surface area contributed by atoms with Crippen LogP contribution in [0.15, 0.2) is 23.9 Å². The maximum Gasteiger partial charge on any atom is 0.343 e. The maximum atomic E-state index is 13.6. The minimum atomic E-state index is -0.810. The highest BCUT2D eigenvalue weighted by Gasteiger charge is 2.27. The second-order valence-electron chi connectivity index (χ2n) is 4.79. The molecule has 1 saturated carbocycles. The summed E-state index contributed by atoms with van der Waals surface area (Å²) in [4.78, 5) is 24.3. The summed E-state index contributed by atoms with van der Waals surface area (Å²) in [5.41, 5.74) is -0.326. The smallest absolute Gasteiger partial charge is 0.343 e. The number of rotatable bonds is 6. The molecule has 1 aliphatic carbocycles. The lowest BCUT2D eigenvalue weighted by atomic mass is 10.0. The summed E-state index contributed by atoms with van der Waals surface area (Å²) in [6.07, 6.45) is 3.24. The van der Waals surface area contributed by atoms with Crippen molar-refractivity contribution in [3.63, 3.8) is 0 Å². The van der Waals surface area contributed by atoms with Gasteiger partial charge in [0, 0.05) is 18.3 Å². The van der Waals surface area contributed by atoms with E-state index in [1.165, 1.54) is 26.5 Å². The lowest BCUT2D eigenvalue weighted by molar-refractivity contribution is -0.135. The van der Waals surface area contributed by atoms with E-state index in [1.807, 2.05) is 0 Å². The fraction of sp³-hybridized carbons (Fsp3) is 0.333. The van der Waals surface area contributed by atoms with Crippen molar-refractivity contribution in [2.75, 3.05) is 14.2 Å². The first kappa shape index (κ1) is 16.3. The van der Waals surface area contributed by atoms with E-state index in [2.05, 4.69) is 10.1 Å². The van der Waals surface area contributed by atoms with Crippen molar-refractivity contribution in [2.45, 2.75) is 18.9 Å². The summed E-state index contributed by atoms with van der Waals surface area (Å²) in [5.74, 6) is -2.20. The van der Waals surface area contributed by atoms with Crippen molar-refractivity contribution in [3.8, 4) is 5.75 Å². The number of carbonyl (C=O) groups excluding carboxylic acids is 2.